The molecular weight excluding hydrogens is 378 g/mol. The summed E-state index contributed by atoms with van der Waals surface area (Å²) in [7, 11) is 1.84. The molecule has 1 amide bonds. The second kappa shape index (κ2) is 7.12. The first-order chi connectivity index (χ1) is 14.6. The Morgan fingerprint density at radius 1 is 1.27 bits per heavy atom. The van der Waals surface area contributed by atoms with Crippen LogP contribution < -0.4 is 10.6 Å². The molecule has 8 nitrogen and oxygen atoms in total. The zero-order valence-corrected chi connectivity index (χ0v) is 17.4. The average molecular weight is 403 g/mol. The van der Waals surface area contributed by atoms with Gasteiger partial charge in [-0.3, -0.25) is 4.79 Å². The second-order valence-corrected chi connectivity index (χ2v) is 8.09. The summed E-state index contributed by atoms with van der Waals surface area (Å²) in [5.74, 6) is 0.653. The van der Waals surface area contributed by atoms with Crippen molar-refractivity contribution in [2.75, 3.05) is 12.4 Å². The van der Waals surface area contributed by atoms with Crippen LogP contribution in [0.2, 0.25) is 0 Å². The molecule has 4 heterocycles. The molecule has 1 fully saturated rings. The Labute approximate surface area is 174 Å². The van der Waals surface area contributed by atoms with Gasteiger partial charge >= 0.3 is 0 Å². The standard InChI is InChI=1S/C22H25N7O/c1-13(2)28-12-17(15-8-5-9-24-20(15)28)18-10-19(23-3)29-21(27-18)16(11-25-29)22(30)26-14-6-4-7-14/h5,8-14,23H,4,6-7H2,1-3H3,(H,26,30). The van der Waals surface area contributed by atoms with Gasteiger partial charge in [-0.2, -0.15) is 9.61 Å². The topological polar surface area (TPSA) is 89.1 Å². The Morgan fingerprint density at radius 3 is 2.80 bits per heavy atom. The van der Waals surface area contributed by atoms with Crippen molar-refractivity contribution in [3.63, 3.8) is 0 Å². The Bertz CT molecular complexity index is 1250. The quantitative estimate of drug-likeness (QED) is 0.531. The van der Waals surface area contributed by atoms with Gasteiger partial charge in [0.25, 0.3) is 5.91 Å². The maximum Gasteiger partial charge on any atom is 0.256 e. The van der Waals surface area contributed by atoms with Gasteiger partial charge in [0.15, 0.2) is 5.65 Å². The smallest absolute Gasteiger partial charge is 0.256 e. The van der Waals surface area contributed by atoms with E-state index in [0.717, 1.165) is 41.0 Å². The van der Waals surface area contributed by atoms with E-state index in [1.807, 2.05) is 19.2 Å². The van der Waals surface area contributed by atoms with Crippen molar-refractivity contribution in [2.24, 2.45) is 0 Å². The molecule has 0 spiro atoms. The molecule has 0 atom stereocenters. The van der Waals surface area contributed by atoms with E-state index in [1.165, 1.54) is 6.42 Å². The van der Waals surface area contributed by atoms with Crippen LogP contribution in [0.25, 0.3) is 27.9 Å². The molecule has 0 aromatic carbocycles. The minimum Gasteiger partial charge on any atom is -0.373 e. The summed E-state index contributed by atoms with van der Waals surface area (Å²) >= 11 is 0. The summed E-state index contributed by atoms with van der Waals surface area (Å²) < 4.78 is 3.83. The summed E-state index contributed by atoms with van der Waals surface area (Å²) in [6, 6.07) is 6.48. The highest BCUT2D eigenvalue weighted by atomic mass is 16.1. The van der Waals surface area contributed by atoms with Gasteiger partial charge in [0.1, 0.15) is 17.0 Å². The summed E-state index contributed by atoms with van der Waals surface area (Å²) in [4.78, 5) is 22.3. The number of hydrogen-bond acceptors (Lipinski definition) is 5. The third kappa shape index (κ3) is 2.91. The third-order valence-electron chi connectivity index (χ3n) is 5.83. The fourth-order valence-electron chi connectivity index (χ4n) is 3.94. The molecule has 0 bridgehead atoms. The number of anilines is 1. The largest absolute Gasteiger partial charge is 0.373 e. The molecule has 0 radical (unpaired) electrons. The van der Waals surface area contributed by atoms with Gasteiger partial charge in [-0.25, -0.2) is 9.97 Å². The van der Waals surface area contributed by atoms with Crippen molar-refractivity contribution in [1.29, 1.82) is 0 Å². The van der Waals surface area contributed by atoms with E-state index >= 15 is 0 Å². The van der Waals surface area contributed by atoms with Crippen LogP contribution in [-0.2, 0) is 0 Å². The fraction of sp³-hybridized carbons (Fsp3) is 0.364. The number of amides is 1. The van der Waals surface area contributed by atoms with Gasteiger partial charge in [-0.15, -0.1) is 0 Å². The summed E-state index contributed by atoms with van der Waals surface area (Å²) in [6.07, 6.45) is 8.73. The Kier molecular flexibility index (Phi) is 4.42. The lowest BCUT2D eigenvalue weighted by Crippen LogP contribution is -2.39. The molecule has 2 N–H and O–H groups in total. The molecule has 154 valence electrons. The van der Waals surface area contributed by atoms with E-state index in [-0.39, 0.29) is 18.0 Å². The lowest BCUT2D eigenvalue weighted by molar-refractivity contribution is 0.0918. The average Bonchev–Trinajstić information content (AvgIpc) is 3.31. The van der Waals surface area contributed by atoms with Crippen molar-refractivity contribution in [3.05, 3.63) is 42.4 Å². The van der Waals surface area contributed by atoms with E-state index < -0.39 is 0 Å². The van der Waals surface area contributed by atoms with Crippen molar-refractivity contribution >= 4 is 28.4 Å². The maximum absolute atomic E-state index is 12.8. The zero-order chi connectivity index (χ0) is 20.8. The zero-order valence-electron chi connectivity index (χ0n) is 17.4. The van der Waals surface area contributed by atoms with E-state index in [2.05, 4.69) is 51.4 Å². The molecule has 4 aromatic rings. The first-order valence-corrected chi connectivity index (χ1v) is 10.4. The van der Waals surface area contributed by atoms with Crippen LogP contribution in [0.3, 0.4) is 0 Å². The third-order valence-corrected chi connectivity index (χ3v) is 5.83. The lowest BCUT2D eigenvalue weighted by atomic mass is 9.93. The van der Waals surface area contributed by atoms with Crippen molar-refractivity contribution < 1.29 is 4.79 Å². The highest BCUT2D eigenvalue weighted by Gasteiger charge is 2.24. The van der Waals surface area contributed by atoms with E-state index in [0.29, 0.717) is 11.2 Å². The number of fused-ring (bicyclic) bond motifs is 2. The van der Waals surface area contributed by atoms with Gasteiger partial charge in [0, 0.05) is 48.5 Å². The monoisotopic (exact) mass is 403 g/mol. The number of carbonyl (C=O) groups excluding carboxylic acids is 1. The molecule has 30 heavy (non-hydrogen) atoms. The molecule has 4 aromatic heterocycles. The van der Waals surface area contributed by atoms with Crippen molar-refractivity contribution in [1.82, 2.24) is 29.5 Å². The van der Waals surface area contributed by atoms with Crippen molar-refractivity contribution in [2.45, 2.75) is 45.2 Å². The number of hydrogen-bond donors (Lipinski definition) is 2. The Hall–Kier alpha value is -3.42. The Morgan fingerprint density at radius 2 is 2.10 bits per heavy atom. The second-order valence-electron chi connectivity index (χ2n) is 8.09. The van der Waals surface area contributed by atoms with Gasteiger partial charge in [0.2, 0.25) is 0 Å². The Balaban J connectivity index is 1.68. The molecule has 0 unspecified atom stereocenters. The number of rotatable bonds is 5. The summed E-state index contributed by atoms with van der Waals surface area (Å²) in [5, 5.41) is 11.7. The highest BCUT2D eigenvalue weighted by Crippen LogP contribution is 2.32. The van der Waals surface area contributed by atoms with Gasteiger partial charge in [0.05, 0.1) is 11.9 Å². The van der Waals surface area contributed by atoms with Crippen LogP contribution in [0.5, 0.6) is 0 Å². The maximum atomic E-state index is 12.8. The molecule has 5 rings (SSSR count). The molecule has 1 saturated carbocycles. The SMILES string of the molecule is CNc1cc(-c2cn(C(C)C)c3ncccc23)nc2c(C(=O)NC3CCC3)cnn12. The predicted octanol–water partition coefficient (Wildman–Crippen LogP) is 3.65. The van der Waals surface area contributed by atoms with Gasteiger partial charge < -0.3 is 15.2 Å². The summed E-state index contributed by atoms with van der Waals surface area (Å²) in [6.45, 7) is 4.26. The van der Waals surface area contributed by atoms with Gasteiger partial charge in [-0.05, 0) is 45.2 Å². The normalized spacial score (nSPS) is 14.4. The molecule has 1 aliphatic carbocycles. The van der Waals surface area contributed by atoms with Crippen LogP contribution in [0, 0.1) is 0 Å². The van der Waals surface area contributed by atoms with Crippen LogP contribution in [0.4, 0.5) is 5.82 Å². The van der Waals surface area contributed by atoms with Crippen LogP contribution >= 0.6 is 0 Å². The minimum absolute atomic E-state index is 0.118. The van der Waals surface area contributed by atoms with Gasteiger partial charge in [-0.1, -0.05) is 0 Å². The molecule has 0 aliphatic heterocycles. The number of pyridine rings is 1. The van der Waals surface area contributed by atoms with Crippen LogP contribution in [0.1, 0.15) is 49.5 Å². The van der Waals surface area contributed by atoms with Crippen LogP contribution in [-0.4, -0.2) is 43.1 Å². The van der Waals surface area contributed by atoms with Crippen LogP contribution in [0.15, 0.2) is 36.8 Å². The van der Waals surface area contributed by atoms with E-state index in [9.17, 15) is 4.79 Å². The predicted molar refractivity (Wildman–Crippen MR) is 117 cm³/mol. The lowest BCUT2D eigenvalue weighted by Gasteiger charge is -2.26. The fourth-order valence-corrected chi connectivity index (χ4v) is 3.94. The first-order valence-electron chi connectivity index (χ1n) is 10.4. The number of nitrogens with zero attached hydrogens (tertiary/aromatic N) is 5. The first kappa shape index (κ1) is 18.6. The molecular formula is C22H25N7O. The number of aromatic nitrogens is 5. The minimum atomic E-state index is -0.118. The van der Waals surface area contributed by atoms with Crippen molar-refractivity contribution in [3.8, 4) is 11.3 Å². The molecule has 8 heteroatoms. The van der Waals surface area contributed by atoms with E-state index in [1.54, 1.807) is 16.9 Å². The number of carbonyl (C=O) groups is 1. The highest BCUT2D eigenvalue weighted by molar-refractivity contribution is 6.01. The number of nitrogens with one attached hydrogen (secondary N) is 2. The summed E-state index contributed by atoms with van der Waals surface area (Å²) in [5.41, 5.74) is 3.72. The molecule has 0 saturated heterocycles. The molecule has 1 aliphatic rings. The van der Waals surface area contributed by atoms with E-state index in [4.69, 9.17) is 4.98 Å².